The third-order valence-corrected chi connectivity index (χ3v) is 4.93. The normalized spacial score (nSPS) is 11.0. The first-order chi connectivity index (χ1) is 13.3. The van der Waals surface area contributed by atoms with Gasteiger partial charge in [-0.15, -0.1) is 11.3 Å². The molecule has 8 heteroatoms. The van der Waals surface area contributed by atoms with Gasteiger partial charge in [0.1, 0.15) is 16.5 Å². The molecule has 0 unspecified atom stereocenters. The van der Waals surface area contributed by atoms with E-state index in [4.69, 9.17) is 0 Å². The van der Waals surface area contributed by atoms with Gasteiger partial charge in [-0.2, -0.15) is 0 Å². The molecule has 28 heavy (non-hydrogen) atoms. The molecule has 1 aromatic carbocycles. The second-order valence-corrected chi connectivity index (χ2v) is 8.14. The third kappa shape index (κ3) is 6.30. The number of hydrogen-bond donors (Lipinski definition) is 2. The van der Waals surface area contributed by atoms with E-state index < -0.39 is 11.8 Å². The summed E-state index contributed by atoms with van der Waals surface area (Å²) in [5, 5.41) is 7.77. The highest BCUT2D eigenvalue weighted by Crippen LogP contribution is 2.18. The Hall–Kier alpha value is -2.48. The van der Waals surface area contributed by atoms with Crippen LogP contribution in [0.3, 0.4) is 0 Å². The molecule has 0 atom stereocenters. The number of rotatable bonds is 8. The average Bonchev–Trinajstić information content (AvgIpc) is 3.09. The summed E-state index contributed by atoms with van der Waals surface area (Å²) in [6, 6.07) is 5.48. The van der Waals surface area contributed by atoms with Crippen LogP contribution in [-0.2, 0) is 6.54 Å². The van der Waals surface area contributed by atoms with Crippen LogP contribution in [0.15, 0.2) is 29.6 Å². The highest BCUT2D eigenvalue weighted by Gasteiger charge is 2.21. The second kappa shape index (κ2) is 10.2. The van der Waals surface area contributed by atoms with Crippen molar-refractivity contribution in [2.75, 3.05) is 11.9 Å². The van der Waals surface area contributed by atoms with Crippen molar-refractivity contribution in [3.05, 3.63) is 46.2 Å². The number of nitrogens with zero attached hydrogens (tertiary/aromatic N) is 2. The van der Waals surface area contributed by atoms with Gasteiger partial charge in [0.15, 0.2) is 0 Å². The average molecular weight is 407 g/mol. The lowest BCUT2D eigenvalue weighted by Crippen LogP contribution is -2.39. The molecule has 0 saturated heterocycles. The van der Waals surface area contributed by atoms with E-state index in [0.717, 1.165) is 6.42 Å². The molecule has 0 bridgehead atoms. The molecule has 0 saturated carbocycles. The van der Waals surface area contributed by atoms with Gasteiger partial charge >= 0.3 is 6.03 Å². The lowest BCUT2D eigenvalue weighted by atomic mass is 10.1. The maximum absolute atomic E-state index is 13.8. The number of amides is 3. The number of carbonyl (C=O) groups excluding carboxylic acids is 2. The van der Waals surface area contributed by atoms with Crippen LogP contribution in [0.5, 0.6) is 0 Å². The fraction of sp³-hybridized carbons (Fsp3) is 0.450. The highest BCUT2D eigenvalue weighted by atomic mass is 32.1. The Bertz CT molecular complexity index is 807. The molecule has 1 heterocycles. The third-order valence-electron chi connectivity index (χ3n) is 4.10. The Labute approximate surface area is 169 Å². The first-order valence-electron chi connectivity index (χ1n) is 9.32. The lowest BCUT2D eigenvalue weighted by molar-refractivity contribution is 0.0947. The fourth-order valence-corrected chi connectivity index (χ4v) is 3.21. The van der Waals surface area contributed by atoms with E-state index in [9.17, 15) is 14.0 Å². The number of carbonyl (C=O) groups is 2. The van der Waals surface area contributed by atoms with E-state index in [0.29, 0.717) is 23.2 Å². The van der Waals surface area contributed by atoms with Gasteiger partial charge in [-0.1, -0.05) is 26.0 Å². The fourth-order valence-electron chi connectivity index (χ4n) is 2.44. The predicted octanol–water partition coefficient (Wildman–Crippen LogP) is 4.50. The predicted molar refractivity (Wildman–Crippen MR) is 110 cm³/mol. The second-order valence-electron chi connectivity index (χ2n) is 7.20. The zero-order chi connectivity index (χ0) is 20.7. The largest absolute Gasteiger partial charge is 0.351 e. The molecule has 3 amide bonds. The maximum atomic E-state index is 13.8. The summed E-state index contributed by atoms with van der Waals surface area (Å²) in [5.41, 5.74) is 0.476. The Kier molecular flexibility index (Phi) is 7.92. The molecule has 2 N–H and O–H groups in total. The molecule has 0 spiro atoms. The molecule has 152 valence electrons. The van der Waals surface area contributed by atoms with E-state index in [1.807, 2.05) is 13.8 Å². The van der Waals surface area contributed by atoms with Crippen molar-refractivity contribution in [2.24, 2.45) is 5.92 Å². The van der Waals surface area contributed by atoms with Crippen LogP contribution in [0.2, 0.25) is 0 Å². The molecular formula is C20H27FN4O2S. The van der Waals surface area contributed by atoms with Crippen molar-refractivity contribution in [1.82, 2.24) is 15.2 Å². The van der Waals surface area contributed by atoms with Gasteiger partial charge in [-0.25, -0.2) is 14.2 Å². The summed E-state index contributed by atoms with van der Waals surface area (Å²) in [5.74, 6) is -0.192. The van der Waals surface area contributed by atoms with Gasteiger partial charge in [0.25, 0.3) is 5.91 Å². The standard InChI is InChI=1S/C20H27FN4O2S/c1-13(2)9-10-22-19(26)17-12-28-18(23-17)11-25(14(3)4)20(27)24-16-8-6-5-7-15(16)21/h5-8,12-14H,9-11H2,1-4H3,(H,22,26)(H,24,27). The summed E-state index contributed by atoms with van der Waals surface area (Å²) in [4.78, 5) is 30.7. The van der Waals surface area contributed by atoms with E-state index in [1.165, 1.54) is 23.5 Å². The number of anilines is 1. The van der Waals surface area contributed by atoms with Crippen LogP contribution in [0, 0.1) is 11.7 Å². The molecular weight excluding hydrogens is 379 g/mol. The van der Waals surface area contributed by atoms with Crippen molar-refractivity contribution < 1.29 is 14.0 Å². The number of nitrogens with one attached hydrogen (secondary N) is 2. The molecule has 0 aliphatic heterocycles. The van der Waals surface area contributed by atoms with Crippen molar-refractivity contribution in [3.8, 4) is 0 Å². The van der Waals surface area contributed by atoms with Gasteiger partial charge in [0, 0.05) is 18.0 Å². The van der Waals surface area contributed by atoms with Crippen LogP contribution < -0.4 is 10.6 Å². The van der Waals surface area contributed by atoms with E-state index in [2.05, 4.69) is 29.5 Å². The molecule has 2 aromatic rings. The number of halogens is 1. The molecule has 0 fully saturated rings. The number of aromatic nitrogens is 1. The Balaban J connectivity index is 2.00. The minimum absolute atomic E-state index is 0.126. The highest BCUT2D eigenvalue weighted by molar-refractivity contribution is 7.09. The maximum Gasteiger partial charge on any atom is 0.322 e. The van der Waals surface area contributed by atoms with Crippen molar-refractivity contribution in [3.63, 3.8) is 0 Å². The van der Waals surface area contributed by atoms with Crippen LogP contribution >= 0.6 is 11.3 Å². The first kappa shape index (κ1) is 21.8. The number of benzene rings is 1. The minimum Gasteiger partial charge on any atom is -0.351 e. The van der Waals surface area contributed by atoms with Gasteiger partial charge in [-0.3, -0.25) is 4.79 Å². The SMILES string of the molecule is CC(C)CCNC(=O)c1csc(CN(C(=O)Nc2ccccc2F)C(C)C)n1. The monoisotopic (exact) mass is 406 g/mol. The van der Waals surface area contributed by atoms with Gasteiger partial charge in [0.2, 0.25) is 0 Å². The lowest BCUT2D eigenvalue weighted by Gasteiger charge is -2.26. The smallest absolute Gasteiger partial charge is 0.322 e. The molecule has 0 aliphatic rings. The molecule has 0 aliphatic carbocycles. The van der Waals surface area contributed by atoms with E-state index in [-0.39, 0.29) is 24.2 Å². The summed E-state index contributed by atoms with van der Waals surface area (Å²) in [6.45, 7) is 8.77. The van der Waals surface area contributed by atoms with Crippen molar-refractivity contribution in [2.45, 2.75) is 46.7 Å². The Morgan fingerprint density at radius 1 is 1.21 bits per heavy atom. The van der Waals surface area contributed by atoms with Crippen molar-refractivity contribution in [1.29, 1.82) is 0 Å². The zero-order valence-corrected chi connectivity index (χ0v) is 17.5. The summed E-state index contributed by atoms with van der Waals surface area (Å²) in [6.07, 6.45) is 0.903. The molecule has 0 radical (unpaired) electrons. The van der Waals surface area contributed by atoms with Crippen LogP contribution in [0.1, 0.15) is 49.6 Å². The first-order valence-corrected chi connectivity index (χ1v) is 10.2. The molecule has 6 nitrogen and oxygen atoms in total. The summed E-state index contributed by atoms with van der Waals surface area (Å²) >= 11 is 1.32. The van der Waals surface area contributed by atoms with Crippen LogP contribution in [0.25, 0.3) is 0 Å². The number of hydrogen-bond acceptors (Lipinski definition) is 4. The van der Waals surface area contributed by atoms with Crippen LogP contribution in [-0.4, -0.2) is 34.4 Å². The number of para-hydroxylation sites is 1. The van der Waals surface area contributed by atoms with Crippen LogP contribution in [0.4, 0.5) is 14.9 Å². The van der Waals surface area contributed by atoms with Crippen molar-refractivity contribution >= 4 is 29.0 Å². The van der Waals surface area contributed by atoms with E-state index in [1.54, 1.807) is 22.4 Å². The Morgan fingerprint density at radius 3 is 2.57 bits per heavy atom. The topological polar surface area (TPSA) is 74.3 Å². The molecule has 1 aromatic heterocycles. The van der Waals surface area contributed by atoms with Gasteiger partial charge < -0.3 is 15.5 Å². The minimum atomic E-state index is -0.492. The van der Waals surface area contributed by atoms with Gasteiger partial charge in [-0.05, 0) is 38.3 Å². The Morgan fingerprint density at radius 2 is 1.93 bits per heavy atom. The summed E-state index contributed by atoms with van der Waals surface area (Å²) in [7, 11) is 0. The molecule has 2 rings (SSSR count). The summed E-state index contributed by atoms with van der Waals surface area (Å²) < 4.78 is 13.8. The quantitative estimate of drug-likeness (QED) is 0.678. The zero-order valence-electron chi connectivity index (χ0n) is 16.7. The number of urea groups is 1. The number of thiazole rings is 1. The van der Waals surface area contributed by atoms with Gasteiger partial charge in [0.05, 0.1) is 12.2 Å². The van der Waals surface area contributed by atoms with E-state index >= 15 is 0 Å².